The summed E-state index contributed by atoms with van der Waals surface area (Å²) >= 11 is 1.38. The monoisotopic (exact) mass is 434 g/mol. The Morgan fingerprint density at radius 2 is 1.81 bits per heavy atom. The van der Waals surface area contributed by atoms with Gasteiger partial charge in [0.2, 0.25) is 0 Å². The van der Waals surface area contributed by atoms with Gasteiger partial charge in [0.15, 0.2) is 5.82 Å². The molecule has 0 saturated heterocycles. The van der Waals surface area contributed by atoms with Crippen LogP contribution in [0.3, 0.4) is 0 Å². The fourth-order valence-corrected chi connectivity index (χ4v) is 3.94. The summed E-state index contributed by atoms with van der Waals surface area (Å²) in [5.41, 5.74) is 3.65. The smallest absolute Gasteiger partial charge is 0.337 e. The van der Waals surface area contributed by atoms with E-state index >= 15 is 0 Å². The number of rotatable bonds is 5. The van der Waals surface area contributed by atoms with Gasteiger partial charge < -0.3 is 9.64 Å². The molecule has 0 atom stereocenters. The average Bonchev–Trinajstić information content (AvgIpc) is 3.21. The highest BCUT2D eigenvalue weighted by Gasteiger charge is 2.12. The normalized spacial score (nSPS) is 11.2. The maximum absolute atomic E-state index is 14.6. The molecule has 0 aliphatic heterocycles. The van der Waals surface area contributed by atoms with Crippen molar-refractivity contribution in [2.24, 2.45) is 10.2 Å². The summed E-state index contributed by atoms with van der Waals surface area (Å²) in [5.74, 6) is -0.894. The third kappa shape index (κ3) is 4.44. The third-order valence-corrected chi connectivity index (χ3v) is 5.71. The Hall–Kier alpha value is -3.65. The van der Waals surface area contributed by atoms with Gasteiger partial charge in [-0.05, 0) is 60.7 Å². The van der Waals surface area contributed by atoms with Crippen molar-refractivity contribution in [3.05, 3.63) is 72.0 Å². The molecular formula is C23H19FN4O2S. The minimum atomic E-state index is -0.485. The third-order valence-electron chi connectivity index (χ3n) is 4.64. The molecule has 31 heavy (non-hydrogen) atoms. The number of aromatic nitrogens is 1. The van der Waals surface area contributed by atoms with E-state index in [9.17, 15) is 9.18 Å². The molecule has 6 nitrogen and oxygen atoms in total. The van der Waals surface area contributed by atoms with Crippen molar-refractivity contribution >= 4 is 44.6 Å². The molecule has 1 aromatic heterocycles. The molecule has 0 aliphatic carbocycles. The van der Waals surface area contributed by atoms with Gasteiger partial charge in [0.05, 0.1) is 28.6 Å². The summed E-state index contributed by atoms with van der Waals surface area (Å²) in [7, 11) is 5.25. The van der Waals surface area contributed by atoms with E-state index in [4.69, 9.17) is 4.74 Å². The Morgan fingerprint density at radius 3 is 2.48 bits per heavy atom. The minimum absolute atomic E-state index is 0.148. The van der Waals surface area contributed by atoms with Gasteiger partial charge in [-0.2, -0.15) is 5.11 Å². The first kappa shape index (κ1) is 20.6. The van der Waals surface area contributed by atoms with Crippen LogP contribution in [0.4, 0.5) is 21.5 Å². The van der Waals surface area contributed by atoms with Gasteiger partial charge in [0.25, 0.3) is 0 Å². The second-order valence-electron chi connectivity index (χ2n) is 6.97. The summed E-state index contributed by atoms with van der Waals surface area (Å²) < 4.78 is 20.2. The number of azo groups is 1. The van der Waals surface area contributed by atoms with E-state index in [0.717, 1.165) is 15.9 Å². The number of halogens is 1. The molecule has 0 amide bonds. The molecular weight excluding hydrogens is 415 g/mol. The predicted octanol–water partition coefficient (Wildman–Crippen LogP) is 6.37. The highest BCUT2D eigenvalue weighted by atomic mass is 32.1. The molecule has 156 valence electrons. The molecule has 0 N–H and O–H groups in total. The molecule has 8 heteroatoms. The van der Waals surface area contributed by atoms with Gasteiger partial charge >= 0.3 is 5.97 Å². The Kier molecular flexibility index (Phi) is 5.73. The summed E-state index contributed by atoms with van der Waals surface area (Å²) in [5, 5.41) is 8.81. The van der Waals surface area contributed by atoms with Crippen LogP contribution < -0.4 is 4.90 Å². The van der Waals surface area contributed by atoms with Crippen LogP contribution in [0.5, 0.6) is 0 Å². The number of hydrogen-bond donors (Lipinski definition) is 0. The Morgan fingerprint density at radius 1 is 1.03 bits per heavy atom. The maximum atomic E-state index is 14.6. The molecule has 0 fully saturated rings. The van der Waals surface area contributed by atoms with E-state index in [1.807, 2.05) is 43.3 Å². The van der Waals surface area contributed by atoms with Crippen LogP contribution in [0.1, 0.15) is 10.4 Å². The summed E-state index contributed by atoms with van der Waals surface area (Å²) in [6, 6.07) is 17.4. The number of benzene rings is 3. The first-order valence-electron chi connectivity index (χ1n) is 9.42. The minimum Gasteiger partial charge on any atom is -0.465 e. The van der Waals surface area contributed by atoms with E-state index in [0.29, 0.717) is 21.8 Å². The molecule has 4 aromatic rings. The lowest BCUT2D eigenvalue weighted by Crippen LogP contribution is -2.07. The number of thiazole rings is 1. The van der Waals surface area contributed by atoms with Crippen molar-refractivity contribution in [2.75, 3.05) is 26.1 Å². The molecule has 0 aliphatic rings. The van der Waals surface area contributed by atoms with Gasteiger partial charge in [-0.3, -0.25) is 0 Å². The fourth-order valence-electron chi connectivity index (χ4n) is 2.94. The number of ether oxygens (including phenoxy) is 1. The number of methoxy groups -OCH3 is 1. The van der Waals surface area contributed by atoms with E-state index in [1.54, 1.807) is 30.3 Å². The number of carbonyl (C=O) groups is 1. The Balaban J connectivity index is 1.57. The fraction of sp³-hybridized carbons (Fsp3) is 0.130. The van der Waals surface area contributed by atoms with Crippen LogP contribution in [0.25, 0.3) is 20.8 Å². The van der Waals surface area contributed by atoms with Crippen molar-refractivity contribution in [1.29, 1.82) is 0 Å². The van der Waals surface area contributed by atoms with E-state index in [1.165, 1.54) is 24.5 Å². The lowest BCUT2D eigenvalue weighted by atomic mass is 10.2. The van der Waals surface area contributed by atoms with Crippen molar-refractivity contribution in [3.8, 4) is 10.6 Å². The quantitative estimate of drug-likeness (QED) is 0.270. The summed E-state index contributed by atoms with van der Waals surface area (Å²) in [6.07, 6.45) is 0. The van der Waals surface area contributed by atoms with Gasteiger partial charge in [-0.25, -0.2) is 14.2 Å². The first-order chi connectivity index (χ1) is 14.9. The maximum Gasteiger partial charge on any atom is 0.337 e. The van der Waals surface area contributed by atoms with Crippen LogP contribution in [0.15, 0.2) is 70.9 Å². The summed E-state index contributed by atoms with van der Waals surface area (Å²) in [6.45, 7) is 0. The zero-order valence-electron chi connectivity index (χ0n) is 17.2. The second kappa shape index (κ2) is 8.61. The van der Waals surface area contributed by atoms with Crippen molar-refractivity contribution in [2.45, 2.75) is 0 Å². The lowest BCUT2D eigenvalue weighted by Gasteiger charge is -2.11. The largest absolute Gasteiger partial charge is 0.465 e. The second-order valence-corrected chi connectivity index (χ2v) is 8.00. The number of fused-ring (bicyclic) bond motifs is 1. The lowest BCUT2D eigenvalue weighted by molar-refractivity contribution is 0.0601. The number of nitrogens with zero attached hydrogens (tertiary/aromatic N) is 4. The number of esters is 1. The van der Waals surface area contributed by atoms with E-state index in [2.05, 4.69) is 15.2 Å². The number of anilines is 1. The van der Waals surface area contributed by atoms with Crippen LogP contribution in [-0.2, 0) is 4.74 Å². The molecule has 3 aromatic carbocycles. The molecule has 0 radical (unpaired) electrons. The SMILES string of the molecule is COC(=O)c1ccc2nc(-c3ccc(N=Nc4ccc(N(C)C)cc4)c(F)c3)sc2c1. The average molecular weight is 434 g/mol. The summed E-state index contributed by atoms with van der Waals surface area (Å²) in [4.78, 5) is 18.2. The molecule has 0 saturated carbocycles. The topological polar surface area (TPSA) is 67.1 Å². The van der Waals surface area contributed by atoms with Gasteiger partial charge in [-0.1, -0.05) is 0 Å². The van der Waals surface area contributed by atoms with Crippen molar-refractivity contribution in [3.63, 3.8) is 0 Å². The first-order valence-corrected chi connectivity index (χ1v) is 10.2. The molecule has 0 spiro atoms. The van der Waals surface area contributed by atoms with Crippen LogP contribution in [0, 0.1) is 5.82 Å². The molecule has 0 bridgehead atoms. The number of hydrogen-bond acceptors (Lipinski definition) is 7. The Bertz CT molecular complexity index is 1280. The zero-order valence-corrected chi connectivity index (χ0v) is 18.0. The standard InChI is InChI=1S/C23H19FN4O2S/c1-28(2)17-8-6-16(7-9-17)26-27-19-10-4-14(12-18(19)24)22-25-20-11-5-15(23(29)30-3)13-21(20)31-22/h4-13H,1-3H3. The van der Waals surface area contributed by atoms with Crippen molar-refractivity contribution in [1.82, 2.24) is 4.98 Å². The van der Waals surface area contributed by atoms with Gasteiger partial charge in [0, 0.05) is 25.3 Å². The zero-order chi connectivity index (χ0) is 22.0. The van der Waals surface area contributed by atoms with Gasteiger partial charge in [0.1, 0.15) is 10.7 Å². The Labute approximate surface area is 182 Å². The highest BCUT2D eigenvalue weighted by Crippen LogP contribution is 2.33. The van der Waals surface area contributed by atoms with E-state index < -0.39 is 11.8 Å². The molecule has 0 unspecified atom stereocenters. The molecule has 4 rings (SSSR count). The van der Waals surface area contributed by atoms with Gasteiger partial charge in [-0.15, -0.1) is 16.5 Å². The highest BCUT2D eigenvalue weighted by molar-refractivity contribution is 7.21. The van der Waals surface area contributed by atoms with E-state index in [-0.39, 0.29) is 5.69 Å². The van der Waals surface area contributed by atoms with Crippen LogP contribution in [0.2, 0.25) is 0 Å². The van der Waals surface area contributed by atoms with Crippen molar-refractivity contribution < 1.29 is 13.9 Å². The van der Waals surface area contributed by atoms with Crippen LogP contribution >= 0.6 is 11.3 Å². The van der Waals surface area contributed by atoms with Crippen LogP contribution in [-0.4, -0.2) is 32.2 Å². The molecule has 1 heterocycles. The predicted molar refractivity (Wildman–Crippen MR) is 121 cm³/mol. The number of carbonyl (C=O) groups excluding carboxylic acids is 1.